The molecule has 22 heavy (non-hydrogen) atoms. The van der Waals surface area contributed by atoms with Gasteiger partial charge in [-0.2, -0.15) is 0 Å². The van der Waals surface area contributed by atoms with Crippen molar-refractivity contribution in [2.75, 3.05) is 0 Å². The molecule has 112 valence electrons. The Balaban J connectivity index is 0.00000144. The van der Waals surface area contributed by atoms with E-state index in [1.807, 2.05) is 0 Å². The van der Waals surface area contributed by atoms with Crippen molar-refractivity contribution in [3.05, 3.63) is 83.4 Å². The quantitative estimate of drug-likeness (QED) is 0.658. The summed E-state index contributed by atoms with van der Waals surface area (Å²) in [5.74, 6) is 0.477. The van der Waals surface area contributed by atoms with Gasteiger partial charge in [0.15, 0.2) is 0 Å². The van der Waals surface area contributed by atoms with E-state index in [0.29, 0.717) is 5.92 Å². The summed E-state index contributed by atoms with van der Waals surface area (Å²) in [6, 6.07) is 24.3. The van der Waals surface area contributed by atoms with Crippen LogP contribution in [0.1, 0.15) is 41.5 Å². The lowest BCUT2D eigenvalue weighted by molar-refractivity contribution is 0.530. The summed E-state index contributed by atoms with van der Waals surface area (Å²) in [5.41, 5.74) is 10.4. The van der Waals surface area contributed by atoms with E-state index >= 15 is 0 Å². The number of nitrogens with two attached hydrogens (primary N) is 1. The Hall–Kier alpha value is -1.83. The number of hydrogen-bond donors (Lipinski definition) is 1. The fourth-order valence-electron chi connectivity index (χ4n) is 3.59. The van der Waals surface area contributed by atoms with E-state index in [9.17, 15) is 0 Å². The maximum Gasteiger partial charge on any atom is 0.0298 e. The molecule has 0 bridgehead atoms. The monoisotopic (exact) mass is 309 g/mol. The minimum atomic E-state index is 0. The number of hydrogen-bond acceptors (Lipinski definition) is 1. The smallest absolute Gasteiger partial charge is 0.0298 e. The van der Waals surface area contributed by atoms with Gasteiger partial charge in [-0.25, -0.2) is 0 Å². The van der Waals surface area contributed by atoms with Crippen molar-refractivity contribution in [1.29, 1.82) is 0 Å². The lowest BCUT2D eigenvalue weighted by Gasteiger charge is -2.30. The van der Waals surface area contributed by atoms with Crippen LogP contribution in [0.3, 0.4) is 0 Å². The second-order valence-electron chi connectivity index (χ2n) is 5.97. The summed E-state index contributed by atoms with van der Waals surface area (Å²) in [7, 11) is 0. The van der Waals surface area contributed by atoms with Crippen LogP contribution in [0.25, 0.3) is 10.8 Å². The highest BCUT2D eigenvalue weighted by atomic mass is 35.5. The third-order valence-electron chi connectivity index (χ3n) is 4.71. The topological polar surface area (TPSA) is 26.0 Å². The molecule has 0 heterocycles. The second-order valence-corrected chi connectivity index (χ2v) is 5.97. The zero-order chi connectivity index (χ0) is 14.2. The van der Waals surface area contributed by atoms with E-state index in [1.165, 1.54) is 27.5 Å². The minimum Gasteiger partial charge on any atom is -0.324 e. The van der Waals surface area contributed by atoms with Gasteiger partial charge < -0.3 is 5.73 Å². The first-order valence-electron chi connectivity index (χ1n) is 7.66. The maximum absolute atomic E-state index is 6.28. The number of fused-ring (bicyclic) bond motifs is 2. The molecule has 3 aromatic rings. The van der Waals surface area contributed by atoms with Crippen molar-refractivity contribution in [2.45, 2.75) is 24.8 Å². The molecule has 1 nitrogen and oxygen atoms in total. The highest BCUT2D eigenvalue weighted by molar-refractivity contribution is 5.85. The van der Waals surface area contributed by atoms with Gasteiger partial charge in [-0.15, -0.1) is 12.4 Å². The fraction of sp³-hybridized carbons (Fsp3) is 0.200. The summed E-state index contributed by atoms with van der Waals surface area (Å²) >= 11 is 0. The first-order valence-corrected chi connectivity index (χ1v) is 7.66. The Morgan fingerprint density at radius 3 is 2.23 bits per heavy atom. The van der Waals surface area contributed by atoms with Gasteiger partial charge in [-0.1, -0.05) is 66.7 Å². The van der Waals surface area contributed by atoms with Crippen molar-refractivity contribution < 1.29 is 0 Å². The SMILES string of the molecule is Cl.N[C@H]1CC[C@@H](c2ccc3ccccc3c2)c2ccccc21. The molecule has 0 fully saturated rings. The molecule has 0 aliphatic heterocycles. The molecule has 2 atom stereocenters. The van der Waals surface area contributed by atoms with Gasteiger partial charge in [-0.3, -0.25) is 0 Å². The molecule has 0 saturated heterocycles. The van der Waals surface area contributed by atoms with E-state index in [-0.39, 0.29) is 18.4 Å². The van der Waals surface area contributed by atoms with Crippen LogP contribution in [0.5, 0.6) is 0 Å². The minimum absolute atomic E-state index is 0. The Morgan fingerprint density at radius 2 is 1.41 bits per heavy atom. The largest absolute Gasteiger partial charge is 0.324 e. The van der Waals surface area contributed by atoms with Gasteiger partial charge in [-0.05, 0) is 40.3 Å². The normalized spacial score (nSPS) is 20.2. The van der Waals surface area contributed by atoms with E-state index in [0.717, 1.165) is 12.8 Å². The van der Waals surface area contributed by atoms with Gasteiger partial charge in [0.25, 0.3) is 0 Å². The Labute approximate surface area is 137 Å². The standard InChI is InChI=1S/C20H19N.ClH/c21-20-12-11-17(18-7-3-4-8-19(18)20)16-10-9-14-5-1-2-6-15(14)13-16;/h1-10,13,17,20H,11-12,21H2;1H/t17-,20-;/m0./s1. The van der Waals surface area contributed by atoms with Crippen molar-refractivity contribution in [3.8, 4) is 0 Å². The molecule has 0 radical (unpaired) electrons. The van der Waals surface area contributed by atoms with Crippen LogP contribution in [0.4, 0.5) is 0 Å². The Kier molecular flexibility index (Phi) is 4.19. The highest BCUT2D eigenvalue weighted by Crippen LogP contribution is 2.40. The van der Waals surface area contributed by atoms with Crippen molar-refractivity contribution in [3.63, 3.8) is 0 Å². The van der Waals surface area contributed by atoms with E-state index in [4.69, 9.17) is 5.73 Å². The lowest BCUT2D eigenvalue weighted by atomic mass is 9.77. The summed E-state index contributed by atoms with van der Waals surface area (Å²) in [5, 5.41) is 2.63. The summed E-state index contributed by atoms with van der Waals surface area (Å²) < 4.78 is 0. The summed E-state index contributed by atoms with van der Waals surface area (Å²) in [6.07, 6.45) is 2.20. The number of benzene rings is 3. The number of halogens is 1. The average Bonchev–Trinajstić information content (AvgIpc) is 2.55. The Morgan fingerprint density at radius 1 is 0.727 bits per heavy atom. The predicted octanol–water partition coefficient (Wildman–Crippen LogP) is 5.19. The van der Waals surface area contributed by atoms with E-state index in [2.05, 4.69) is 66.7 Å². The molecule has 0 unspecified atom stereocenters. The molecule has 0 spiro atoms. The van der Waals surface area contributed by atoms with Gasteiger partial charge in [0.2, 0.25) is 0 Å². The fourth-order valence-corrected chi connectivity index (χ4v) is 3.59. The van der Waals surface area contributed by atoms with E-state index in [1.54, 1.807) is 0 Å². The molecule has 2 heteroatoms. The van der Waals surface area contributed by atoms with Crippen LogP contribution in [-0.2, 0) is 0 Å². The second kappa shape index (κ2) is 6.12. The van der Waals surface area contributed by atoms with Crippen molar-refractivity contribution in [2.24, 2.45) is 5.73 Å². The van der Waals surface area contributed by atoms with Crippen LogP contribution in [0.2, 0.25) is 0 Å². The van der Waals surface area contributed by atoms with E-state index < -0.39 is 0 Å². The van der Waals surface area contributed by atoms with Crippen LogP contribution in [0, 0.1) is 0 Å². The summed E-state index contributed by atoms with van der Waals surface area (Å²) in [6.45, 7) is 0. The highest BCUT2D eigenvalue weighted by Gasteiger charge is 2.25. The number of rotatable bonds is 1. The van der Waals surface area contributed by atoms with Gasteiger partial charge in [0.05, 0.1) is 0 Å². The van der Waals surface area contributed by atoms with Gasteiger partial charge >= 0.3 is 0 Å². The predicted molar refractivity (Wildman–Crippen MR) is 95.6 cm³/mol. The zero-order valence-corrected chi connectivity index (χ0v) is 13.2. The van der Waals surface area contributed by atoms with Gasteiger partial charge in [0, 0.05) is 12.0 Å². The first-order chi connectivity index (χ1) is 10.3. The molecule has 3 aromatic carbocycles. The van der Waals surface area contributed by atoms with Crippen LogP contribution >= 0.6 is 12.4 Å². The molecule has 1 aliphatic rings. The first kappa shape index (κ1) is 15.1. The molecular formula is C20H20ClN. The molecule has 2 N–H and O–H groups in total. The molecule has 4 rings (SSSR count). The van der Waals surface area contributed by atoms with Crippen LogP contribution < -0.4 is 5.73 Å². The van der Waals surface area contributed by atoms with Gasteiger partial charge in [0.1, 0.15) is 0 Å². The molecule has 0 aromatic heterocycles. The molecule has 1 aliphatic carbocycles. The zero-order valence-electron chi connectivity index (χ0n) is 12.4. The van der Waals surface area contributed by atoms with Crippen molar-refractivity contribution in [1.82, 2.24) is 0 Å². The summed E-state index contributed by atoms with van der Waals surface area (Å²) in [4.78, 5) is 0. The lowest BCUT2D eigenvalue weighted by Crippen LogP contribution is -2.20. The van der Waals surface area contributed by atoms with Crippen molar-refractivity contribution >= 4 is 23.2 Å². The third kappa shape index (κ3) is 2.51. The van der Waals surface area contributed by atoms with Crippen LogP contribution in [0.15, 0.2) is 66.7 Å². The maximum atomic E-state index is 6.28. The van der Waals surface area contributed by atoms with Crippen LogP contribution in [-0.4, -0.2) is 0 Å². The average molecular weight is 310 g/mol. The molecule has 0 saturated carbocycles. The molecule has 0 amide bonds. The third-order valence-corrected chi connectivity index (χ3v) is 4.71. The molecular weight excluding hydrogens is 290 g/mol. The Bertz CT molecular complexity index is 796.